The van der Waals surface area contributed by atoms with E-state index in [0.717, 1.165) is 12.1 Å². The normalized spacial score (nSPS) is 11.6. The third kappa shape index (κ3) is 4.36. The van der Waals surface area contributed by atoms with Crippen LogP contribution in [0, 0.1) is 6.92 Å². The second-order valence-electron chi connectivity index (χ2n) is 4.96. The lowest BCUT2D eigenvalue weighted by atomic mass is 10.0. The van der Waals surface area contributed by atoms with E-state index in [-0.39, 0.29) is 18.4 Å². The van der Waals surface area contributed by atoms with E-state index < -0.39 is 11.7 Å². The van der Waals surface area contributed by atoms with Crippen molar-refractivity contribution in [3.05, 3.63) is 41.1 Å². The molecule has 0 atom stereocenters. The first-order valence-electron chi connectivity index (χ1n) is 7.18. The van der Waals surface area contributed by atoms with Crippen LogP contribution in [0.25, 0.3) is 11.3 Å². The predicted molar refractivity (Wildman–Crippen MR) is 83.9 cm³/mol. The fraction of sp³-hybridized carbons (Fsp3) is 0.375. The summed E-state index contributed by atoms with van der Waals surface area (Å²) in [5, 5.41) is 7.96. The van der Waals surface area contributed by atoms with Crippen LogP contribution in [0.3, 0.4) is 0 Å². The van der Waals surface area contributed by atoms with Gasteiger partial charge >= 0.3 is 6.18 Å². The fourth-order valence-electron chi connectivity index (χ4n) is 2.11. The minimum Gasteiger partial charge on any atom is -0.467 e. The molecule has 0 bridgehead atoms. The fourth-order valence-corrected chi connectivity index (χ4v) is 2.26. The Morgan fingerprint density at radius 2 is 1.92 bits per heavy atom. The molecular weight excluding hydrogens is 345 g/mol. The van der Waals surface area contributed by atoms with E-state index >= 15 is 0 Å². The average Bonchev–Trinajstić information content (AvgIpc) is 2.54. The Morgan fingerprint density at radius 3 is 2.46 bits per heavy atom. The zero-order chi connectivity index (χ0) is 17.7. The summed E-state index contributed by atoms with van der Waals surface area (Å²) in [4.78, 5) is 0. The Hall–Kier alpha value is -1.86. The van der Waals surface area contributed by atoms with E-state index in [1.54, 1.807) is 26.0 Å². The predicted octanol–water partition coefficient (Wildman–Crippen LogP) is 4.58. The first-order chi connectivity index (χ1) is 11.4. The van der Waals surface area contributed by atoms with E-state index in [9.17, 15) is 13.2 Å². The Morgan fingerprint density at radius 1 is 1.17 bits per heavy atom. The molecule has 2 rings (SSSR count). The molecule has 0 spiro atoms. The Balaban J connectivity index is 2.50. The van der Waals surface area contributed by atoms with Crippen molar-refractivity contribution in [2.45, 2.75) is 25.9 Å². The molecule has 1 heterocycles. The van der Waals surface area contributed by atoms with Crippen molar-refractivity contribution in [3.8, 4) is 17.0 Å². The molecule has 4 nitrogen and oxygen atoms in total. The molecule has 1 aromatic carbocycles. The largest absolute Gasteiger partial charge is 0.467 e. The number of hydrogen-bond acceptors (Lipinski definition) is 4. The van der Waals surface area contributed by atoms with E-state index in [0.29, 0.717) is 29.1 Å². The van der Waals surface area contributed by atoms with Gasteiger partial charge in [0.2, 0.25) is 0 Å². The van der Waals surface area contributed by atoms with E-state index in [2.05, 4.69) is 10.2 Å². The Kier molecular flexibility index (Phi) is 6.01. The molecule has 0 radical (unpaired) electrons. The highest BCUT2D eigenvalue weighted by atomic mass is 35.5. The van der Waals surface area contributed by atoms with Crippen LogP contribution in [0.4, 0.5) is 13.2 Å². The average molecular weight is 361 g/mol. The smallest absolute Gasteiger partial charge is 0.416 e. The van der Waals surface area contributed by atoms with Crippen molar-refractivity contribution in [2.75, 3.05) is 13.4 Å². The second-order valence-corrected chi connectivity index (χ2v) is 5.23. The van der Waals surface area contributed by atoms with Gasteiger partial charge in [0.1, 0.15) is 5.75 Å². The minimum absolute atomic E-state index is 0.0451. The van der Waals surface area contributed by atoms with E-state index in [1.165, 1.54) is 0 Å². The van der Waals surface area contributed by atoms with Crippen molar-refractivity contribution >= 4 is 11.6 Å². The first-order valence-corrected chi connectivity index (χ1v) is 7.71. The van der Waals surface area contributed by atoms with Crippen LogP contribution in [-0.2, 0) is 16.8 Å². The topological polar surface area (TPSA) is 44.2 Å². The summed E-state index contributed by atoms with van der Waals surface area (Å²) in [5.41, 5.74) is 1.00. The lowest BCUT2D eigenvalue weighted by molar-refractivity contribution is -0.137. The van der Waals surface area contributed by atoms with Gasteiger partial charge in [-0.25, -0.2) is 0 Å². The molecule has 0 aliphatic heterocycles. The summed E-state index contributed by atoms with van der Waals surface area (Å²) in [6.07, 6.45) is -4.47. The monoisotopic (exact) mass is 360 g/mol. The van der Waals surface area contributed by atoms with Crippen LogP contribution in [0.1, 0.15) is 23.7 Å². The molecule has 0 unspecified atom stereocenters. The van der Waals surface area contributed by atoms with Crippen LogP contribution in [-0.4, -0.2) is 23.6 Å². The maximum Gasteiger partial charge on any atom is 0.416 e. The zero-order valence-corrected chi connectivity index (χ0v) is 13.9. The zero-order valence-electron chi connectivity index (χ0n) is 13.2. The summed E-state index contributed by atoms with van der Waals surface area (Å²) in [6.45, 7) is 3.56. The number of ether oxygens (including phenoxy) is 2. The molecular formula is C16H16ClF3N2O2. The van der Waals surface area contributed by atoms with Gasteiger partial charge in [-0.1, -0.05) is 0 Å². The number of aromatic nitrogens is 2. The second kappa shape index (κ2) is 7.81. The summed E-state index contributed by atoms with van der Waals surface area (Å²) in [5.74, 6) is 0.246. The molecule has 0 aliphatic rings. The molecule has 0 aliphatic carbocycles. The summed E-state index contributed by atoms with van der Waals surface area (Å²) in [6, 6.07) is 5.31. The highest BCUT2D eigenvalue weighted by Gasteiger charge is 2.32. The van der Waals surface area contributed by atoms with Crippen LogP contribution in [0.5, 0.6) is 5.75 Å². The maximum absolute atomic E-state index is 13.0. The summed E-state index contributed by atoms with van der Waals surface area (Å²) < 4.78 is 49.6. The number of rotatable bonds is 6. The lowest BCUT2D eigenvalue weighted by Gasteiger charge is -2.16. The first kappa shape index (κ1) is 18.5. The van der Waals surface area contributed by atoms with E-state index in [4.69, 9.17) is 21.1 Å². The molecule has 0 saturated heterocycles. The number of aryl methyl sites for hydroxylation is 1. The van der Waals surface area contributed by atoms with Crippen molar-refractivity contribution in [3.63, 3.8) is 0 Å². The van der Waals surface area contributed by atoms with Gasteiger partial charge in [-0.05, 0) is 43.7 Å². The Labute approximate surface area is 142 Å². The molecule has 2 aromatic rings. The number of hydrogen-bond donors (Lipinski definition) is 0. The number of benzene rings is 1. The summed E-state index contributed by atoms with van der Waals surface area (Å²) >= 11 is 5.67. The van der Waals surface area contributed by atoms with Crippen LogP contribution in [0.2, 0.25) is 0 Å². The van der Waals surface area contributed by atoms with Gasteiger partial charge < -0.3 is 9.47 Å². The SMILES string of the molecule is CCOCOc1cc(C(F)(F)F)cc(C)c1-c1ccc(CCl)nn1. The van der Waals surface area contributed by atoms with Crippen molar-refractivity contribution in [1.82, 2.24) is 10.2 Å². The molecule has 0 fully saturated rings. The molecule has 8 heteroatoms. The van der Waals surface area contributed by atoms with Gasteiger partial charge in [0.15, 0.2) is 6.79 Å². The minimum atomic E-state index is -4.47. The quantitative estimate of drug-likeness (QED) is 0.429. The highest BCUT2D eigenvalue weighted by Crippen LogP contribution is 2.39. The highest BCUT2D eigenvalue weighted by molar-refractivity contribution is 6.16. The lowest BCUT2D eigenvalue weighted by Crippen LogP contribution is -2.09. The molecule has 130 valence electrons. The van der Waals surface area contributed by atoms with Crippen LogP contribution < -0.4 is 4.74 Å². The van der Waals surface area contributed by atoms with Gasteiger partial charge in [-0.2, -0.15) is 23.4 Å². The van der Waals surface area contributed by atoms with Gasteiger partial charge in [-0.15, -0.1) is 11.6 Å². The van der Waals surface area contributed by atoms with Crippen molar-refractivity contribution in [1.29, 1.82) is 0 Å². The third-order valence-electron chi connectivity index (χ3n) is 3.24. The Bertz CT molecular complexity index is 691. The number of halogens is 4. The van der Waals surface area contributed by atoms with Gasteiger partial charge in [0.25, 0.3) is 0 Å². The molecule has 0 amide bonds. The van der Waals surface area contributed by atoms with Gasteiger partial charge in [0, 0.05) is 12.2 Å². The van der Waals surface area contributed by atoms with Crippen LogP contribution >= 0.6 is 11.6 Å². The van der Waals surface area contributed by atoms with Gasteiger partial charge in [-0.3, -0.25) is 0 Å². The standard InChI is InChI=1S/C16H16ClF3N2O2/c1-3-23-9-24-14-7-11(16(18,19)20)6-10(2)15(14)13-5-4-12(8-17)21-22-13/h4-7H,3,8-9H2,1-2H3. The van der Waals surface area contributed by atoms with Crippen LogP contribution in [0.15, 0.2) is 24.3 Å². The molecule has 0 saturated carbocycles. The molecule has 1 aromatic heterocycles. The summed E-state index contributed by atoms with van der Waals surface area (Å²) in [7, 11) is 0. The molecule has 24 heavy (non-hydrogen) atoms. The van der Waals surface area contributed by atoms with Crippen molar-refractivity contribution < 1.29 is 22.6 Å². The molecule has 0 N–H and O–H groups in total. The maximum atomic E-state index is 13.0. The van der Waals surface area contributed by atoms with E-state index in [1.807, 2.05) is 0 Å². The number of alkyl halides is 4. The van der Waals surface area contributed by atoms with Crippen molar-refractivity contribution in [2.24, 2.45) is 0 Å². The number of nitrogens with zero attached hydrogens (tertiary/aromatic N) is 2. The third-order valence-corrected chi connectivity index (χ3v) is 3.52. The van der Waals surface area contributed by atoms with Gasteiger partial charge in [0.05, 0.1) is 22.8 Å².